The summed E-state index contributed by atoms with van der Waals surface area (Å²) in [5, 5.41) is 0. The van der Waals surface area contributed by atoms with Crippen molar-refractivity contribution in [3.8, 4) is 0 Å². The lowest BCUT2D eigenvalue weighted by molar-refractivity contribution is 0.222. The Kier molecular flexibility index (Phi) is 4.46. The largest absolute Gasteiger partial charge is 0.244 e. The van der Waals surface area contributed by atoms with Crippen molar-refractivity contribution in [3.05, 3.63) is 24.3 Å². The highest BCUT2D eigenvalue weighted by Crippen LogP contribution is 2.29. The fourth-order valence-corrected chi connectivity index (χ4v) is 6.19. The number of sulfonamides is 1. The number of hydrogen-bond donors (Lipinski definition) is 0. The van der Waals surface area contributed by atoms with Gasteiger partial charge in [0.15, 0.2) is 9.84 Å². The molecule has 0 aliphatic carbocycles. The summed E-state index contributed by atoms with van der Waals surface area (Å²) >= 11 is 0. The molecule has 1 saturated heterocycles. The SMILES string of the molecule is C[C@@H]1C[C@@H](C)CN(S(=O)(=O)c2ccccc2S(C)(=O)=O)C1. The molecule has 2 rings (SSSR count). The van der Waals surface area contributed by atoms with Gasteiger partial charge >= 0.3 is 0 Å². The highest BCUT2D eigenvalue weighted by atomic mass is 32.2. The molecule has 0 unspecified atom stereocenters. The van der Waals surface area contributed by atoms with E-state index in [0.29, 0.717) is 13.1 Å². The van der Waals surface area contributed by atoms with Crippen LogP contribution in [0.25, 0.3) is 0 Å². The van der Waals surface area contributed by atoms with Crippen molar-refractivity contribution in [1.82, 2.24) is 4.31 Å². The molecule has 1 aromatic rings. The zero-order valence-electron chi connectivity index (χ0n) is 12.5. The van der Waals surface area contributed by atoms with E-state index in [1.165, 1.54) is 22.5 Å². The molecule has 0 aromatic heterocycles. The van der Waals surface area contributed by atoms with Gasteiger partial charge in [0.1, 0.15) is 4.90 Å². The molecule has 0 saturated carbocycles. The van der Waals surface area contributed by atoms with Crippen LogP contribution in [0.4, 0.5) is 0 Å². The second kappa shape index (κ2) is 5.70. The zero-order valence-corrected chi connectivity index (χ0v) is 14.1. The maximum Gasteiger partial charge on any atom is 0.244 e. The highest BCUT2D eigenvalue weighted by molar-refractivity contribution is 7.93. The van der Waals surface area contributed by atoms with Crippen LogP contribution in [0.3, 0.4) is 0 Å². The molecule has 1 heterocycles. The molecule has 0 N–H and O–H groups in total. The summed E-state index contributed by atoms with van der Waals surface area (Å²) in [6, 6.07) is 5.81. The van der Waals surface area contributed by atoms with E-state index in [9.17, 15) is 16.8 Å². The average molecular weight is 331 g/mol. The second-order valence-corrected chi connectivity index (χ2v) is 9.88. The van der Waals surface area contributed by atoms with Gasteiger partial charge in [-0.15, -0.1) is 0 Å². The van der Waals surface area contributed by atoms with Gasteiger partial charge in [-0.3, -0.25) is 0 Å². The lowest BCUT2D eigenvalue weighted by Crippen LogP contribution is -2.42. The Labute approximate surface area is 126 Å². The molecule has 7 heteroatoms. The number of hydrogen-bond acceptors (Lipinski definition) is 4. The van der Waals surface area contributed by atoms with Gasteiger partial charge in [-0.25, -0.2) is 16.8 Å². The van der Waals surface area contributed by atoms with Gasteiger partial charge in [0.25, 0.3) is 0 Å². The Hall–Kier alpha value is -0.920. The van der Waals surface area contributed by atoms with Crippen LogP contribution in [-0.4, -0.2) is 40.5 Å². The first-order valence-electron chi connectivity index (χ1n) is 6.91. The van der Waals surface area contributed by atoms with E-state index in [2.05, 4.69) is 0 Å². The predicted octanol–water partition coefficient (Wildman–Crippen LogP) is 1.76. The van der Waals surface area contributed by atoms with Crippen molar-refractivity contribution >= 4 is 19.9 Å². The van der Waals surface area contributed by atoms with Crippen LogP contribution in [0.2, 0.25) is 0 Å². The van der Waals surface area contributed by atoms with E-state index in [4.69, 9.17) is 0 Å². The zero-order chi connectivity index (χ0) is 15.8. The van der Waals surface area contributed by atoms with Crippen molar-refractivity contribution < 1.29 is 16.8 Å². The van der Waals surface area contributed by atoms with Crippen molar-refractivity contribution in [1.29, 1.82) is 0 Å². The third-order valence-corrected chi connectivity index (χ3v) is 6.88. The van der Waals surface area contributed by atoms with Crippen LogP contribution in [0, 0.1) is 11.8 Å². The number of piperidine rings is 1. The topological polar surface area (TPSA) is 71.5 Å². The van der Waals surface area contributed by atoms with Crippen LogP contribution in [0.1, 0.15) is 20.3 Å². The first kappa shape index (κ1) is 16.5. The monoisotopic (exact) mass is 331 g/mol. The Bertz CT molecular complexity index is 715. The van der Waals surface area contributed by atoms with E-state index in [0.717, 1.165) is 12.7 Å². The number of sulfone groups is 1. The summed E-state index contributed by atoms with van der Waals surface area (Å²) in [7, 11) is -7.38. The first-order valence-corrected chi connectivity index (χ1v) is 10.2. The summed E-state index contributed by atoms with van der Waals surface area (Å²) in [5.74, 6) is 0.544. The Morgan fingerprint density at radius 1 is 0.952 bits per heavy atom. The summed E-state index contributed by atoms with van der Waals surface area (Å²) in [5.41, 5.74) is 0. The molecule has 0 radical (unpaired) electrons. The summed E-state index contributed by atoms with van der Waals surface area (Å²) in [6.45, 7) is 4.90. The van der Waals surface area contributed by atoms with E-state index < -0.39 is 19.9 Å². The second-order valence-electron chi connectivity index (χ2n) is 5.99. The molecule has 118 valence electrons. The fourth-order valence-electron chi connectivity index (χ4n) is 2.91. The molecule has 1 aliphatic rings. The number of benzene rings is 1. The summed E-state index contributed by atoms with van der Waals surface area (Å²) < 4.78 is 50.7. The van der Waals surface area contributed by atoms with Gasteiger partial charge in [-0.1, -0.05) is 26.0 Å². The molecule has 5 nitrogen and oxygen atoms in total. The lowest BCUT2D eigenvalue weighted by Gasteiger charge is -2.34. The number of rotatable bonds is 3. The molecule has 0 amide bonds. The van der Waals surface area contributed by atoms with E-state index in [1.807, 2.05) is 13.8 Å². The Balaban J connectivity index is 2.50. The van der Waals surface area contributed by atoms with Crippen LogP contribution in [0.5, 0.6) is 0 Å². The van der Waals surface area contributed by atoms with Crippen molar-refractivity contribution in [2.75, 3.05) is 19.3 Å². The van der Waals surface area contributed by atoms with Crippen LogP contribution >= 0.6 is 0 Å². The smallest absolute Gasteiger partial charge is 0.224 e. The van der Waals surface area contributed by atoms with Gasteiger partial charge in [-0.05, 0) is 30.4 Å². The molecular weight excluding hydrogens is 310 g/mol. The van der Waals surface area contributed by atoms with E-state index in [1.54, 1.807) is 6.07 Å². The molecule has 1 fully saturated rings. The molecule has 0 bridgehead atoms. The molecule has 1 aromatic carbocycles. The molecule has 0 spiro atoms. The normalized spacial score (nSPS) is 24.9. The lowest BCUT2D eigenvalue weighted by atomic mass is 9.94. The number of nitrogens with zero attached hydrogens (tertiary/aromatic N) is 1. The quantitative estimate of drug-likeness (QED) is 0.846. The molecular formula is C14H21NO4S2. The predicted molar refractivity (Wildman–Crippen MR) is 81.3 cm³/mol. The maximum absolute atomic E-state index is 12.8. The van der Waals surface area contributed by atoms with Gasteiger partial charge in [0, 0.05) is 19.3 Å². The molecule has 2 atom stereocenters. The Morgan fingerprint density at radius 2 is 1.43 bits per heavy atom. The third-order valence-electron chi connectivity index (χ3n) is 3.70. The van der Waals surface area contributed by atoms with Gasteiger partial charge in [0.05, 0.1) is 4.90 Å². The van der Waals surface area contributed by atoms with E-state index >= 15 is 0 Å². The highest BCUT2D eigenvalue weighted by Gasteiger charge is 2.34. The van der Waals surface area contributed by atoms with Gasteiger partial charge in [0.2, 0.25) is 10.0 Å². The van der Waals surface area contributed by atoms with Crippen LogP contribution in [-0.2, 0) is 19.9 Å². The van der Waals surface area contributed by atoms with E-state index in [-0.39, 0.29) is 21.6 Å². The fraction of sp³-hybridized carbons (Fsp3) is 0.571. The molecule has 21 heavy (non-hydrogen) atoms. The van der Waals surface area contributed by atoms with Gasteiger partial charge in [-0.2, -0.15) is 4.31 Å². The van der Waals surface area contributed by atoms with Crippen molar-refractivity contribution in [2.24, 2.45) is 11.8 Å². The standard InChI is InChI=1S/C14H21NO4S2/c1-11-8-12(2)10-15(9-11)21(18,19)14-7-5-4-6-13(14)20(3,16)17/h4-7,11-12H,8-10H2,1-3H3/t11-,12-/m1/s1. The van der Waals surface area contributed by atoms with Gasteiger partial charge < -0.3 is 0 Å². The minimum atomic E-state index is -3.79. The van der Waals surface area contributed by atoms with Crippen molar-refractivity contribution in [3.63, 3.8) is 0 Å². The minimum absolute atomic E-state index is 0.117. The van der Waals surface area contributed by atoms with Crippen LogP contribution in [0.15, 0.2) is 34.1 Å². The third kappa shape index (κ3) is 3.46. The molecule has 1 aliphatic heterocycles. The maximum atomic E-state index is 12.8. The first-order chi connectivity index (χ1) is 9.62. The Morgan fingerprint density at radius 3 is 1.90 bits per heavy atom. The summed E-state index contributed by atoms with van der Waals surface area (Å²) in [4.78, 5) is -0.246. The van der Waals surface area contributed by atoms with Crippen molar-refractivity contribution in [2.45, 2.75) is 30.1 Å². The van der Waals surface area contributed by atoms with Crippen LogP contribution < -0.4 is 0 Å². The minimum Gasteiger partial charge on any atom is -0.224 e. The summed E-state index contributed by atoms with van der Waals surface area (Å²) in [6.07, 6.45) is 2.02. The average Bonchev–Trinajstić information content (AvgIpc) is 2.36.